The van der Waals surface area contributed by atoms with E-state index in [4.69, 9.17) is 23.6 Å². The van der Waals surface area contributed by atoms with Crippen LogP contribution in [-0.2, 0) is 13.1 Å². The van der Waals surface area contributed by atoms with E-state index in [1.165, 1.54) is 55.6 Å². The van der Waals surface area contributed by atoms with E-state index in [0.29, 0.717) is 0 Å². The van der Waals surface area contributed by atoms with Crippen molar-refractivity contribution in [1.29, 1.82) is 0 Å². The first kappa shape index (κ1) is 22.9. The molecule has 1 fully saturated rings. The molecule has 0 bridgehead atoms. The van der Waals surface area contributed by atoms with Crippen molar-refractivity contribution in [2.45, 2.75) is 57.7 Å². The normalized spacial score (nSPS) is 20.2. The van der Waals surface area contributed by atoms with Gasteiger partial charge in [0.2, 0.25) is 0 Å². The molecule has 0 unspecified atom stereocenters. The summed E-state index contributed by atoms with van der Waals surface area (Å²) in [6.07, 6.45) is 6.61. The first-order chi connectivity index (χ1) is 14.2. The number of hydrogen-bond acceptors (Lipinski definition) is 5. The summed E-state index contributed by atoms with van der Waals surface area (Å²) in [5, 5.41) is 0. The van der Waals surface area contributed by atoms with Crippen LogP contribution in [0.1, 0.15) is 50.2 Å². The number of nitrogens with zero attached hydrogens (tertiary/aromatic N) is 2. The van der Waals surface area contributed by atoms with E-state index in [-0.39, 0.29) is 5.54 Å². The summed E-state index contributed by atoms with van der Waals surface area (Å²) >= 11 is 0. The van der Waals surface area contributed by atoms with Crippen LogP contribution >= 0.6 is 0 Å². The monoisotopic (exact) mass is 435 g/mol. The molecule has 7 heteroatoms. The number of benzene rings is 2. The van der Waals surface area contributed by atoms with Crippen molar-refractivity contribution in [2.24, 2.45) is 4.99 Å². The zero-order valence-electron chi connectivity index (χ0n) is 17.5. The minimum atomic E-state index is -4.19. The predicted molar refractivity (Wildman–Crippen MR) is 111 cm³/mol. The van der Waals surface area contributed by atoms with Gasteiger partial charge in [-0.1, -0.05) is 79.9 Å². The Morgan fingerprint density at radius 1 is 0.867 bits per heavy atom. The number of quaternary nitrogens is 1. The number of amidine groups is 1. The van der Waals surface area contributed by atoms with Crippen molar-refractivity contribution in [2.75, 3.05) is 6.54 Å². The summed E-state index contributed by atoms with van der Waals surface area (Å²) < 4.78 is 31.2. The van der Waals surface area contributed by atoms with Gasteiger partial charge in [0.1, 0.15) is 25.2 Å². The van der Waals surface area contributed by atoms with Gasteiger partial charge in [0.15, 0.2) is 5.84 Å². The molecule has 2 aromatic carbocycles. The fourth-order valence-electron chi connectivity index (χ4n) is 4.90. The number of aliphatic imine (C=N–C) groups is 1. The molecule has 0 atom stereocenters. The van der Waals surface area contributed by atoms with Gasteiger partial charge < -0.3 is 0 Å². The van der Waals surface area contributed by atoms with Crippen LogP contribution < -0.4 is 4.66 Å². The summed E-state index contributed by atoms with van der Waals surface area (Å²) in [7, 11) is -4.19. The average molecular weight is 436 g/mol. The molecule has 4 rings (SSSR count). The summed E-state index contributed by atoms with van der Waals surface area (Å²) in [6.45, 7) is 5.54. The van der Waals surface area contributed by atoms with Crippen molar-refractivity contribution >= 4 is 5.84 Å². The average Bonchev–Trinajstić information content (AvgIpc) is 2.93. The first-order valence-corrected chi connectivity index (χ1v) is 11.7. The second-order valence-corrected chi connectivity index (χ2v) is 9.34. The van der Waals surface area contributed by atoms with Crippen LogP contribution in [0.4, 0.5) is 0 Å². The van der Waals surface area contributed by atoms with Gasteiger partial charge in [-0.15, -0.1) is 0 Å². The zero-order valence-corrected chi connectivity index (χ0v) is 18.2. The van der Waals surface area contributed by atoms with Gasteiger partial charge in [-0.05, 0) is 12.8 Å². The molecule has 1 spiro atoms. The van der Waals surface area contributed by atoms with E-state index in [1.807, 2.05) is 0 Å². The molecule has 0 saturated heterocycles. The standard InChI is InChI=1S/C23H29N2.ClH3O4/c1-20-24-23(15-9-4-10-16-23)19-25(20,17-21-11-5-2-6-12-21)18-22-13-7-3-8-14-22;2-1(3,4)5/h2-3,5-8,11-14H,4,9-10,15-19H2,1H3;2-4H/q+1;. The Balaban J connectivity index is 0.000000461. The van der Waals surface area contributed by atoms with Gasteiger partial charge in [0, 0.05) is 18.1 Å². The van der Waals surface area contributed by atoms with Crippen molar-refractivity contribution in [3.8, 4) is 0 Å². The molecule has 0 aromatic heterocycles. The SMILES string of the molecule is CC1=NC2(CCCCC2)C[N+]1(Cc1ccccc1)Cc1ccccc1.[O-][Cl+](O)(O)O. The van der Waals surface area contributed by atoms with Crippen LogP contribution in [0, 0.1) is 10.2 Å². The van der Waals surface area contributed by atoms with Crippen LogP contribution in [0.2, 0.25) is 0 Å². The van der Waals surface area contributed by atoms with Gasteiger partial charge in [-0.25, -0.2) is 4.99 Å². The molecule has 1 heterocycles. The molecular weight excluding hydrogens is 404 g/mol. The van der Waals surface area contributed by atoms with Crippen molar-refractivity contribution in [3.05, 3.63) is 71.8 Å². The third-order valence-corrected chi connectivity index (χ3v) is 6.12. The van der Waals surface area contributed by atoms with Gasteiger partial charge in [-0.3, -0.25) is 4.48 Å². The molecule has 1 saturated carbocycles. The van der Waals surface area contributed by atoms with Crippen molar-refractivity contribution in [1.82, 2.24) is 0 Å². The molecule has 1 aliphatic heterocycles. The molecule has 164 valence electrons. The molecule has 2 aromatic rings. The van der Waals surface area contributed by atoms with E-state index in [2.05, 4.69) is 67.6 Å². The number of hydrogen-bond donors (Lipinski definition) is 3. The summed E-state index contributed by atoms with van der Waals surface area (Å²) in [5.41, 5.74) is 3.04. The van der Waals surface area contributed by atoms with Crippen molar-refractivity contribution in [3.63, 3.8) is 0 Å². The van der Waals surface area contributed by atoms with Crippen LogP contribution in [0.5, 0.6) is 0 Å². The van der Waals surface area contributed by atoms with Crippen LogP contribution in [0.3, 0.4) is 0 Å². The van der Waals surface area contributed by atoms with Crippen LogP contribution in [0.15, 0.2) is 65.7 Å². The topological polar surface area (TPSA) is 96.1 Å². The third-order valence-electron chi connectivity index (χ3n) is 6.12. The molecule has 2 aliphatic rings. The Labute approximate surface area is 180 Å². The fraction of sp³-hybridized carbons (Fsp3) is 0.435. The molecule has 0 radical (unpaired) electrons. The second-order valence-electron chi connectivity index (χ2n) is 8.47. The molecule has 1 aliphatic carbocycles. The fourth-order valence-corrected chi connectivity index (χ4v) is 4.90. The maximum absolute atomic E-state index is 8.83. The molecular formula is C23H32ClN2O4+. The molecule has 0 amide bonds. The summed E-state index contributed by atoms with van der Waals surface area (Å²) in [4.78, 5) is 5.31. The van der Waals surface area contributed by atoms with E-state index >= 15 is 0 Å². The van der Waals surface area contributed by atoms with Gasteiger partial charge in [0.25, 0.3) is 0 Å². The first-order valence-electron chi connectivity index (χ1n) is 10.4. The Hall–Kier alpha value is -1.80. The van der Waals surface area contributed by atoms with E-state index in [0.717, 1.165) is 17.6 Å². The number of halogens is 1. The van der Waals surface area contributed by atoms with Gasteiger partial charge in [0.05, 0.1) is 0 Å². The van der Waals surface area contributed by atoms with Crippen LogP contribution in [-0.4, -0.2) is 36.4 Å². The summed E-state index contributed by atoms with van der Waals surface area (Å²) in [6, 6.07) is 21.9. The Morgan fingerprint density at radius 3 is 1.73 bits per heavy atom. The summed E-state index contributed by atoms with van der Waals surface area (Å²) in [5.74, 6) is 1.33. The molecule has 3 N–H and O–H groups in total. The second kappa shape index (κ2) is 9.56. The van der Waals surface area contributed by atoms with Crippen LogP contribution in [0.25, 0.3) is 0 Å². The number of rotatable bonds is 4. The Morgan fingerprint density at radius 2 is 1.30 bits per heavy atom. The van der Waals surface area contributed by atoms with E-state index in [9.17, 15) is 0 Å². The van der Waals surface area contributed by atoms with Gasteiger partial charge >= 0.3 is 28.9 Å². The van der Waals surface area contributed by atoms with Gasteiger partial charge in [-0.2, -0.15) is 0 Å². The third kappa shape index (κ3) is 6.35. The predicted octanol–water partition coefficient (Wildman–Crippen LogP) is 2.48. The van der Waals surface area contributed by atoms with E-state index < -0.39 is 10.2 Å². The van der Waals surface area contributed by atoms with Crippen molar-refractivity contribution < 1.29 is 33.4 Å². The minimum absolute atomic E-state index is 0.200. The Kier molecular flexibility index (Phi) is 7.29. The molecule has 30 heavy (non-hydrogen) atoms. The molecule has 6 nitrogen and oxygen atoms in total. The zero-order chi connectivity index (χ0) is 21.7. The Bertz CT molecular complexity index is 784. The maximum atomic E-state index is 8.83. The van der Waals surface area contributed by atoms with E-state index in [1.54, 1.807) is 0 Å². The quantitative estimate of drug-likeness (QED) is 0.643.